The van der Waals surface area contributed by atoms with Gasteiger partial charge in [-0.1, -0.05) is 48.0 Å². The molecule has 3 rings (SSSR count). The molecule has 0 atom stereocenters. The van der Waals surface area contributed by atoms with Crippen LogP contribution in [0.1, 0.15) is 18.4 Å². The van der Waals surface area contributed by atoms with Crippen LogP contribution < -0.4 is 5.32 Å². The van der Waals surface area contributed by atoms with Crippen molar-refractivity contribution in [3.05, 3.63) is 71.3 Å². The molecular formula is C21H21ClN2O2. The van der Waals surface area contributed by atoms with E-state index in [1.54, 1.807) is 23.1 Å². The summed E-state index contributed by atoms with van der Waals surface area (Å²) < 4.78 is 0. The molecule has 1 heterocycles. The van der Waals surface area contributed by atoms with Crippen LogP contribution in [0, 0.1) is 5.92 Å². The fourth-order valence-electron chi connectivity index (χ4n) is 3.00. The zero-order valence-corrected chi connectivity index (χ0v) is 15.2. The van der Waals surface area contributed by atoms with Crippen molar-refractivity contribution in [1.29, 1.82) is 0 Å². The van der Waals surface area contributed by atoms with Gasteiger partial charge in [-0.05, 0) is 42.7 Å². The number of amides is 2. The summed E-state index contributed by atoms with van der Waals surface area (Å²) in [6.07, 6.45) is 4.62. The van der Waals surface area contributed by atoms with Crippen molar-refractivity contribution in [2.75, 3.05) is 18.4 Å². The SMILES string of the molecule is O=C(Nc1ccccc1)C1CCN(C(=O)/C=C/c2ccccc2Cl)CC1. The highest BCUT2D eigenvalue weighted by Crippen LogP contribution is 2.21. The van der Waals surface area contributed by atoms with Crippen molar-refractivity contribution in [3.63, 3.8) is 0 Å². The summed E-state index contributed by atoms with van der Waals surface area (Å²) in [5, 5.41) is 3.56. The van der Waals surface area contributed by atoms with Gasteiger partial charge in [0.05, 0.1) is 0 Å². The molecule has 1 saturated heterocycles. The Morgan fingerprint density at radius 2 is 1.65 bits per heavy atom. The second kappa shape index (κ2) is 8.68. The third-order valence-corrected chi connectivity index (χ3v) is 4.87. The smallest absolute Gasteiger partial charge is 0.246 e. The van der Waals surface area contributed by atoms with Crippen LogP contribution in [0.3, 0.4) is 0 Å². The molecule has 2 aromatic carbocycles. The van der Waals surface area contributed by atoms with Gasteiger partial charge in [-0.3, -0.25) is 9.59 Å². The molecule has 5 heteroatoms. The van der Waals surface area contributed by atoms with Crippen LogP contribution in [0.15, 0.2) is 60.7 Å². The van der Waals surface area contributed by atoms with Gasteiger partial charge in [-0.25, -0.2) is 0 Å². The first-order valence-electron chi connectivity index (χ1n) is 8.71. The van der Waals surface area contributed by atoms with Gasteiger partial charge in [-0.15, -0.1) is 0 Å². The summed E-state index contributed by atoms with van der Waals surface area (Å²) in [5.41, 5.74) is 1.62. The maximum atomic E-state index is 12.3. The first-order valence-corrected chi connectivity index (χ1v) is 9.09. The van der Waals surface area contributed by atoms with Crippen LogP contribution in [0.5, 0.6) is 0 Å². The van der Waals surface area contributed by atoms with Crippen LogP contribution in [0.25, 0.3) is 6.08 Å². The summed E-state index contributed by atoms with van der Waals surface area (Å²) in [5.74, 6) is -0.0893. The number of halogens is 1. The van der Waals surface area contributed by atoms with E-state index in [0.29, 0.717) is 31.0 Å². The number of hydrogen-bond acceptors (Lipinski definition) is 2. The molecule has 0 bridgehead atoms. The Labute approximate surface area is 158 Å². The van der Waals surface area contributed by atoms with E-state index in [0.717, 1.165) is 11.3 Å². The number of benzene rings is 2. The molecule has 0 radical (unpaired) electrons. The molecule has 1 aliphatic rings. The highest BCUT2D eigenvalue weighted by molar-refractivity contribution is 6.32. The number of anilines is 1. The Bertz CT molecular complexity index is 797. The highest BCUT2D eigenvalue weighted by Gasteiger charge is 2.26. The number of carbonyl (C=O) groups excluding carboxylic acids is 2. The van der Waals surface area contributed by atoms with Crippen molar-refractivity contribution < 1.29 is 9.59 Å². The Morgan fingerprint density at radius 1 is 1.00 bits per heavy atom. The first-order chi connectivity index (χ1) is 12.6. The Balaban J connectivity index is 1.51. The van der Waals surface area contributed by atoms with Gasteiger partial charge >= 0.3 is 0 Å². The van der Waals surface area contributed by atoms with Crippen LogP contribution >= 0.6 is 11.6 Å². The van der Waals surface area contributed by atoms with Gasteiger partial charge in [0.2, 0.25) is 11.8 Å². The number of nitrogens with zero attached hydrogens (tertiary/aromatic N) is 1. The van der Waals surface area contributed by atoms with Gasteiger partial charge < -0.3 is 10.2 Å². The van der Waals surface area contributed by atoms with Gasteiger partial charge in [0.1, 0.15) is 0 Å². The predicted octanol–water partition coefficient (Wildman–Crippen LogP) is 4.23. The lowest BCUT2D eigenvalue weighted by Crippen LogP contribution is -2.40. The zero-order chi connectivity index (χ0) is 18.4. The summed E-state index contributed by atoms with van der Waals surface area (Å²) >= 11 is 6.09. The Morgan fingerprint density at radius 3 is 2.35 bits per heavy atom. The molecule has 1 N–H and O–H groups in total. The summed E-state index contributed by atoms with van der Waals surface area (Å²) in [7, 11) is 0. The lowest BCUT2D eigenvalue weighted by Gasteiger charge is -2.30. The Kier molecular flexibility index (Phi) is 6.08. The van der Waals surface area contributed by atoms with Crippen molar-refractivity contribution >= 4 is 35.2 Å². The molecule has 2 amide bonds. The molecule has 26 heavy (non-hydrogen) atoms. The quantitative estimate of drug-likeness (QED) is 0.821. The molecule has 0 saturated carbocycles. The van der Waals surface area contributed by atoms with E-state index >= 15 is 0 Å². The fraction of sp³-hybridized carbons (Fsp3) is 0.238. The van der Waals surface area contributed by atoms with Crippen molar-refractivity contribution in [2.45, 2.75) is 12.8 Å². The van der Waals surface area contributed by atoms with Crippen molar-refractivity contribution in [2.24, 2.45) is 5.92 Å². The highest BCUT2D eigenvalue weighted by atomic mass is 35.5. The van der Waals surface area contributed by atoms with E-state index in [1.807, 2.05) is 48.5 Å². The largest absolute Gasteiger partial charge is 0.339 e. The molecule has 134 valence electrons. The molecule has 1 fully saturated rings. The fourth-order valence-corrected chi connectivity index (χ4v) is 3.20. The minimum absolute atomic E-state index is 0.0231. The van der Waals surface area contributed by atoms with E-state index in [4.69, 9.17) is 11.6 Å². The van der Waals surface area contributed by atoms with Gasteiger partial charge in [0, 0.05) is 35.8 Å². The number of nitrogens with one attached hydrogen (secondary N) is 1. The van der Waals surface area contributed by atoms with Crippen molar-refractivity contribution in [3.8, 4) is 0 Å². The third-order valence-electron chi connectivity index (χ3n) is 4.53. The summed E-state index contributed by atoms with van der Waals surface area (Å²) in [6.45, 7) is 1.16. The summed E-state index contributed by atoms with van der Waals surface area (Å²) in [6, 6.07) is 16.8. The molecular weight excluding hydrogens is 348 g/mol. The van der Waals surface area contributed by atoms with Crippen LogP contribution in [0.2, 0.25) is 5.02 Å². The maximum Gasteiger partial charge on any atom is 0.246 e. The molecule has 0 aliphatic carbocycles. The van der Waals surface area contributed by atoms with Crippen molar-refractivity contribution in [1.82, 2.24) is 4.90 Å². The molecule has 0 spiro atoms. The number of hydrogen-bond donors (Lipinski definition) is 1. The second-order valence-corrected chi connectivity index (χ2v) is 6.72. The van der Waals surface area contributed by atoms with E-state index in [2.05, 4.69) is 5.32 Å². The zero-order valence-electron chi connectivity index (χ0n) is 14.4. The molecule has 0 unspecified atom stereocenters. The monoisotopic (exact) mass is 368 g/mol. The van der Waals surface area contributed by atoms with Crippen LogP contribution in [-0.4, -0.2) is 29.8 Å². The number of piperidine rings is 1. The lowest BCUT2D eigenvalue weighted by molar-refractivity contribution is -0.130. The number of carbonyl (C=O) groups is 2. The van der Waals surface area contributed by atoms with E-state index in [9.17, 15) is 9.59 Å². The topological polar surface area (TPSA) is 49.4 Å². The average molecular weight is 369 g/mol. The number of para-hydroxylation sites is 1. The molecule has 0 aromatic heterocycles. The van der Waals surface area contributed by atoms with Gasteiger partial charge in [-0.2, -0.15) is 0 Å². The summed E-state index contributed by atoms with van der Waals surface area (Å²) in [4.78, 5) is 26.5. The minimum Gasteiger partial charge on any atom is -0.339 e. The number of rotatable bonds is 4. The number of likely N-dealkylation sites (tertiary alicyclic amines) is 1. The van der Waals surface area contributed by atoms with E-state index < -0.39 is 0 Å². The van der Waals surface area contributed by atoms with Crippen LogP contribution in [0.4, 0.5) is 5.69 Å². The van der Waals surface area contributed by atoms with Gasteiger partial charge in [0.25, 0.3) is 0 Å². The lowest BCUT2D eigenvalue weighted by atomic mass is 9.95. The normalized spacial score (nSPS) is 15.2. The van der Waals surface area contributed by atoms with Crippen LogP contribution in [-0.2, 0) is 9.59 Å². The predicted molar refractivity (Wildman–Crippen MR) is 105 cm³/mol. The second-order valence-electron chi connectivity index (χ2n) is 6.31. The van der Waals surface area contributed by atoms with E-state index in [1.165, 1.54) is 0 Å². The molecule has 2 aromatic rings. The third kappa shape index (κ3) is 4.73. The standard InChI is InChI=1S/C21H21ClN2O2/c22-19-9-5-4-6-16(19)10-11-20(25)24-14-12-17(13-15-24)21(26)23-18-7-2-1-3-8-18/h1-11,17H,12-15H2,(H,23,26)/b11-10+. The average Bonchev–Trinajstić information content (AvgIpc) is 2.68. The van der Waals surface area contributed by atoms with E-state index in [-0.39, 0.29) is 17.7 Å². The molecule has 1 aliphatic heterocycles. The minimum atomic E-state index is -0.0631. The molecule has 4 nitrogen and oxygen atoms in total. The van der Waals surface area contributed by atoms with Gasteiger partial charge in [0.15, 0.2) is 0 Å². The Hall–Kier alpha value is -2.59. The maximum absolute atomic E-state index is 12.3. The first kappa shape index (κ1) is 18.2.